The molecular formula is C21H19N5O3S2. The van der Waals surface area contributed by atoms with Crippen molar-refractivity contribution in [3.8, 4) is 10.6 Å². The Morgan fingerprint density at radius 2 is 1.97 bits per heavy atom. The number of aromatic amines is 1. The molecule has 3 N–H and O–H groups in total. The van der Waals surface area contributed by atoms with Gasteiger partial charge in [0.2, 0.25) is 0 Å². The lowest BCUT2D eigenvalue weighted by atomic mass is 10.2. The van der Waals surface area contributed by atoms with Crippen LogP contribution in [0.5, 0.6) is 0 Å². The molecule has 0 spiro atoms. The van der Waals surface area contributed by atoms with Crippen LogP contribution in [0.2, 0.25) is 0 Å². The van der Waals surface area contributed by atoms with Crippen LogP contribution in [0.4, 0.5) is 11.5 Å². The number of nitrogens with one attached hydrogen (secondary N) is 1. The molecule has 0 bridgehead atoms. The number of aryl methyl sites for hydroxylation is 1. The van der Waals surface area contributed by atoms with Gasteiger partial charge in [0, 0.05) is 18.0 Å². The minimum Gasteiger partial charge on any atom is -0.383 e. The van der Waals surface area contributed by atoms with Crippen LogP contribution >= 0.6 is 22.7 Å². The first kappa shape index (κ1) is 20.8. The fraction of sp³-hybridized carbons (Fsp3) is 0.143. The highest BCUT2D eigenvalue weighted by atomic mass is 32.1. The Kier molecular flexibility index (Phi) is 5.57. The summed E-state index contributed by atoms with van der Waals surface area (Å²) in [6.07, 6.45) is 0. The van der Waals surface area contributed by atoms with E-state index in [-0.39, 0.29) is 18.1 Å². The second-order valence-corrected chi connectivity index (χ2v) is 8.65. The number of thiophene rings is 1. The molecule has 0 saturated heterocycles. The minimum atomic E-state index is -0.720. The smallest absolute Gasteiger partial charge is 0.330 e. The van der Waals surface area contributed by atoms with Gasteiger partial charge in [-0.05, 0) is 23.9 Å². The van der Waals surface area contributed by atoms with Crippen LogP contribution < -0.4 is 21.9 Å². The maximum absolute atomic E-state index is 13.2. The highest BCUT2D eigenvalue weighted by molar-refractivity contribution is 7.17. The van der Waals surface area contributed by atoms with Crippen molar-refractivity contribution in [3.05, 3.63) is 84.1 Å². The van der Waals surface area contributed by atoms with E-state index in [9.17, 15) is 14.4 Å². The molecule has 4 aromatic rings. The van der Waals surface area contributed by atoms with Crippen LogP contribution in [0.25, 0.3) is 10.6 Å². The molecule has 4 rings (SSSR count). The molecular weight excluding hydrogens is 434 g/mol. The summed E-state index contributed by atoms with van der Waals surface area (Å²) in [6.45, 7) is 1.91. The molecule has 8 nitrogen and oxygen atoms in total. The largest absolute Gasteiger partial charge is 0.383 e. The van der Waals surface area contributed by atoms with Crippen molar-refractivity contribution in [1.82, 2.24) is 14.5 Å². The van der Waals surface area contributed by atoms with E-state index in [2.05, 4.69) is 9.97 Å². The van der Waals surface area contributed by atoms with Crippen LogP contribution in [-0.4, -0.2) is 27.5 Å². The number of carbonyl (C=O) groups excluding carboxylic acids is 1. The number of nitrogens with zero attached hydrogens (tertiary/aromatic N) is 3. The van der Waals surface area contributed by atoms with E-state index >= 15 is 0 Å². The van der Waals surface area contributed by atoms with Crippen molar-refractivity contribution in [2.24, 2.45) is 0 Å². The zero-order chi connectivity index (χ0) is 22.1. The Hall–Kier alpha value is -3.50. The lowest BCUT2D eigenvalue weighted by Gasteiger charge is -2.20. The van der Waals surface area contributed by atoms with Crippen LogP contribution in [-0.2, 0) is 6.54 Å². The number of benzene rings is 1. The van der Waals surface area contributed by atoms with Crippen molar-refractivity contribution in [2.45, 2.75) is 13.5 Å². The van der Waals surface area contributed by atoms with E-state index in [1.807, 2.05) is 47.2 Å². The molecule has 0 atom stereocenters. The summed E-state index contributed by atoms with van der Waals surface area (Å²) in [4.78, 5) is 46.5. The van der Waals surface area contributed by atoms with Gasteiger partial charge in [-0.1, -0.05) is 30.3 Å². The maximum Gasteiger partial charge on any atom is 0.330 e. The van der Waals surface area contributed by atoms with Crippen LogP contribution in [0.1, 0.15) is 20.9 Å². The minimum absolute atomic E-state index is 0.0753. The van der Waals surface area contributed by atoms with Gasteiger partial charge in [-0.25, -0.2) is 9.78 Å². The molecule has 0 saturated carbocycles. The number of nitrogens with two attached hydrogens (primary N) is 1. The van der Waals surface area contributed by atoms with Gasteiger partial charge in [-0.2, -0.15) is 11.3 Å². The number of hydrogen-bond acceptors (Lipinski definition) is 7. The molecule has 31 heavy (non-hydrogen) atoms. The normalized spacial score (nSPS) is 10.9. The van der Waals surface area contributed by atoms with Crippen molar-refractivity contribution in [1.29, 1.82) is 0 Å². The fourth-order valence-corrected chi connectivity index (χ4v) is 4.94. The Morgan fingerprint density at radius 1 is 1.23 bits per heavy atom. The summed E-state index contributed by atoms with van der Waals surface area (Å²) in [5.74, 6) is -0.493. The first-order valence-electron chi connectivity index (χ1n) is 9.31. The Labute approximate surface area is 185 Å². The molecule has 0 aliphatic heterocycles. The number of amides is 1. The predicted molar refractivity (Wildman–Crippen MR) is 124 cm³/mol. The van der Waals surface area contributed by atoms with E-state index in [1.54, 1.807) is 18.3 Å². The number of aromatic nitrogens is 3. The van der Waals surface area contributed by atoms with Crippen LogP contribution in [0, 0.1) is 6.92 Å². The van der Waals surface area contributed by atoms with Gasteiger partial charge in [0.15, 0.2) is 5.69 Å². The standard InChI is InChI=1S/C21H19N5O3S2/c1-12-16(31-19(23-12)14-8-9-30-11-14)20(28)25(2)15-17(22)26(21(29)24-18(15)27)10-13-6-4-3-5-7-13/h3-9,11H,10,22H2,1-2H3,(H,24,27,29). The number of H-pyrrole nitrogens is 1. The Balaban J connectivity index is 1.72. The number of rotatable bonds is 5. The summed E-state index contributed by atoms with van der Waals surface area (Å²) in [6, 6.07) is 11.2. The third-order valence-corrected chi connectivity index (χ3v) is 6.67. The van der Waals surface area contributed by atoms with Gasteiger partial charge < -0.3 is 10.6 Å². The van der Waals surface area contributed by atoms with Gasteiger partial charge in [-0.3, -0.25) is 19.1 Å². The third-order valence-electron chi connectivity index (χ3n) is 4.80. The summed E-state index contributed by atoms with van der Waals surface area (Å²) in [5, 5.41) is 4.63. The highest BCUT2D eigenvalue weighted by Crippen LogP contribution is 2.31. The van der Waals surface area contributed by atoms with Crippen LogP contribution in [0.15, 0.2) is 56.7 Å². The van der Waals surface area contributed by atoms with Crippen molar-refractivity contribution >= 4 is 40.1 Å². The molecule has 1 amide bonds. The van der Waals surface area contributed by atoms with E-state index in [0.29, 0.717) is 10.6 Å². The summed E-state index contributed by atoms with van der Waals surface area (Å²) in [7, 11) is 1.46. The zero-order valence-corrected chi connectivity index (χ0v) is 18.4. The topological polar surface area (TPSA) is 114 Å². The lowest BCUT2D eigenvalue weighted by Crippen LogP contribution is -2.39. The van der Waals surface area contributed by atoms with Crippen LogP contribution in [0.3, 0.4) is 0 Å². The van der Waals surface area contributed by atoms with E-state index in [0.717, 1.165) is 16.1 Å². The second kappa shape index (κ2) is 8.32. The molecule has 3 heterocycles. The zero-order valence-electron chi connectivity index (χ0n) is 16.8. The molecule has 158 valence electrons. The SMILES string of the molecule is Cc1nc(-c2ccsc2)sc1C(=O)N(C)c1c(N)n(Cc2ccccc2)c(=O)[nH]c1=O. The first-order chi connectivity index (χ1) is 14.9. The maximum atomic E-state index is 13.2. The molecule has 3 aromatic heterocycles. The molecule has 1 aromatic carbocycles. The van der Waals surface area contributed by atoms with Crippen molar-refractivity contribution < 1.29 is 4.79 Å². The molecule has 0 unspecified atom stereocenters. The Morgan fingerprint density at radius 3 is 2.65 bits per heavy atom. The van der Waals surface area contributed by atoms with Crippen molar-refractivity contribution in [2.75, 3.05) is 17.7 Å². The van der Waals surface area contributed by atoms with E-state index < -0.39 is 17.2 Å². The number of thiazole rings is 1. The lowest BCUT2D eigenvalue weighted by molar-refractivity contribution is 0.0995. The van der Waals surface area contributed by atoms with E-state index in [4.69, 9.17) is 5.73 Å². The average molecular weight is 454 g/mol. The van der Waals surface area contributed by atoms with E-state index in [1.165, 1.54) is 27.9 Å². The highest BCUT2D eigenvalue weighted by Gasteiger charge is 2.25. The number of anilines is 2. The number of hydrogen-bond donors (Lipinski definition) is 2. The first-order valence-corrected chi connectivity index (χ1v) is 11.1. The van der Waals surface area contributed by atoms with Gasteiger partial charge in [0.05, 0.1) is 12.2 Å². The van der Waals surface area contributed by atoms with Gasteiger partial charge in [-0.15, -0.1) is 11.3 Å². The fourth-order valence-electron chi connectivity index (χ4n) is 3.18. The predicted octanol–water partition coefficient (Wildman–Crippen LogP) is 2.94. The van der Waals surface area contributed by atoms with Crippen molar-refractivity contribution in [3.63, 3.8) is 0 Å². The number of nitrogen functional groups attached to an aromatic ring is 1. The molecule has 10 heteroatoms. The summed E-state index contributed by atoms with van der Waals surface area (Å²) in [5.41, 5.74) is 7.11. The molecule has 0 aliphatic rings. The van der Waals surface area contributed by atoms with Gasteiger partial charge >= 0.3 is 5.69 Å². The average Bonchev–Trinajstić information content (AvgIpc) is 3.41. The molecule has 0 radical (unpaired) electrons. The van der Waals surface area contributed by atoms with Gasteiger partial charge in [0.1, 0.15) is 15.7 Å². The second-order valence-electron chi connectivity index (χ2n) is 6.87. The molecule has 0 fully saturated rings. The third kappa shape index (κ3) is 3.94. The Bertz CT molecular complexity index is 1350. The number of carbonyl (C=O) groups is 1. The monoisotopic (exact) mass is 453 g/mol. The quantitative estimate of drug-likeness (QED) is 0.482. The van der Waals surface area contributed by atoms with Gasteiger partial charge in [0.25, 0.3) is 11.5 Å². The molecule has 0 aliphatic carbocycles. The summed E-state index contributed by atoms with van der Waals surface area (Å²) >= 11 is 2.80. The summed E-state index contributed by atoms with van der Waals surface area (Å²) < 4.78 is 1.24.